The van der Waals surface area contributed by atoms with E-state index in [0.717, 1.165) is 50.3 Å². The van der Waals surface area contributed by atoms with Crippen LogP contribution in [0.3, 0.4) is 0 Å². The Bertz CT molecular complexity index is 618. The van der Waals surface area contributed by atoms with Crippen LogP contribution in [0, 0.1) is 5.92 Å². The van der Waals surface area contributed by atoms with Crippen LogP contribution in [0.1, 0.15) is 57.9 Å². The van der Waals surface area contributed by atoms with Gasteiger partial charge in [-0.15, -0.1) is 0 Å². The number of hydrogen-bond donors (Lipinski definition) is 2. The van der Waals surface area contributed by atoms with E-state index in [-0.39, 0.29) is 0 Å². The number of guanidine groups is 1. The van der Waals surface area contributed by atoms with E-state index in [9.17, 15) is 0 Å². The number of aromatic nitrogens is 1. The predicted molar refractivity (Wildman–Crippen MR) is 123 cm³/mol. The Balaban J connectivity index is 1.44. The molecule has 1 aromatic heterocycles. The van der Waals surface area contributed by atoms with E-state index in [0.29, 0.717) is 6.54 Å². The van der Waals surface area contributed by atoms with Crippen molar-refractivity contribution >= 4 is 11.8 Å². The Morgan fingerprint density at radius 3 is 2.69 bits per heavy atom. The summed E-state index contributed by atoms with van der Waals surface area (Å²) < 4.78 is 0. The van der Waals surface area contributed by atoms with Gasteiger partial charge in [0.1, 0.15) is 5.82 Å². The standard InChI is InChI=1S/C23H40N6/c1-3-24-23(26-11-7-13-28-16-9-20(2)10-17-28)27-19-21-8-12-25-22(18-21)29-14-5-4-6-15-29/h8,12,18,20H,3-7,9-11,13-17,19H2,1-2H3,(H2,24,26,27). The minimum Gasteiger partial charge on any atom is -0.357 e. The van der Waals surface area contributed by atoms with Gasteiger partial charge >= 0.3 is 0 Å². The molecule has 0 unspecified atom stereocenters. The Morgan fingerprint density at radius 2 is 1.93 bits per heavy atom. The van der Waals surface area contributed by atoms with Crippen molar-refractivity contribution in [3.63, 3.8) is 0 Å². The maximum Gasteiger partial charge on any atom is 0.191 e. The number of pyridine rings is 1. The number of anilines is 1. The second kappa shape index (κ2) is 12.0. The third-order valence-corrected chi connectivity index (χ3v) is 6.07. The quantitative estimate of drug-likeness (QED) is 0.399. The topological polar surface area (TPSA) is 55.8 Å². The lowest BCUT2D eigenvalue weighted by molar-refractivity contribution is 0.191. The zero-order valence-corrected chi connectivity index (χ0v) is 18.5. The molecule has 3 rings (SSSR count). The summed E-state index contributed by atoms with van der Waals surface area (Å²) in [6.45, 7) is 13.0. The predicted octanol–water partition coefficient (Wildman–Crippen LogP) is 3.25. The molecule has 0 radical (unpaired) electrons. The third-order valence-electron chi connectivity index (χ3n) is 6.07. The van der Waals surface area contributed by atoms with Crippen molar-refractivity contribution in [2.75, 3.05) is 50.7 Å². The van der Waals surface area contributed by atoms with Gasteiger partial charge in [0.2, 0.25) is 0 Å². The molecule has 2 saturated heterocycles. The molecule has 6 heteroatoms. The highest BCUT2D eigenvalue weighted by Crippen LogP contribution is 2.19. The molecular formula is C23H40N6. The van der Waals surface area contributed by atoms with Crippen LogP contribution in [0.5, 0.6) is 0 Å². The molecule has 0 spiro atoms. The first-order valence-corrected chi connectivity index (χ1v) is 11.7. The van der Waals surface area contributed by atoms with Crippen molar-refractivity contribution in [3.05, 3.63) is 23.9 Å². The molecule has 2 N–H and O–H groups in total. The number of aliphatic imine (C=N–C) groups is 1. The smallest absolute Gasteiger partial charge is 0.191 e. The Kier molecular flexibility index (Phi) is 9.06. The fraction of sp³-hybridized carbons (Fsp3) is 0.739. The fourth-order valence-corrected chi connectivity index (χ4v) is 4.16. The number of rotatable bonds is 8. The van der Waals surface area contributed by atoms with E-state index < -0.39 is 0 Å². The average Bonchev–Trinajstić information content (AvgIpc) is 2.77. The molecule has 0 saturated carbocycles. The van der Waals surface area contributed by atoms with Crippen LogP contribution in [-0.4, -0.2) is 61.7 Å². The van der Waals surface area contributed by atoms with Gasteiger partial charge in [0, 0.05) is 32.4 Å². The van der Waals surface area contributed by atoms with Crippen LogP contribution in [0.25, 0.3) is 0 Å². The summed E-state index contributed by atoms with van der Waals surface area (Å²) in [5, 5.41) is 6.88. The van der Waals surface area contributed by atoms with Crippen molar-refractivity contribution in [2.24, 2.45) is 10.9 Å². The van der Waals surface area contributed by atoms with Crippen LogP contribution < -0.4 is 15.5 Å². The Labute approximate surface area is 177 Å². The van der Waals surface area contributed by atoms with Crippen LogP contribution in [-0.2, 0) is 6.54 Å². The van der Waals surface area contributed by atoms with Crippen LogP contribution in [0.15, 0.2) is 23.3 Å². The van der Waals surface area contributed by atoms with Crippen LogP contribution >= 0.6 is 0 Å². The molecular weight excluding hydrogens is 360 g/mol. The minimum atomic E-state index is 0.683. The van der Waals surface area contributed by atoms with Gasteiger partial charge in [-0.3, -0.25) is 0 Å². The number of likely N-dealkylation sites (tertiary alicyclic amines) is 1. The van der Waals surface area contributed by atoms with Gasteiger partial charge in [0.25, 0.3) is 0 Å². The zero-order valence-electron chi connectivity index (χ0n) is 18.5. The van der Waals surface area contributed by atoms with Gasteiger partial charge in [0.15, 0.2) is 5.96 Å². The highest BCUT2D eigenvalue weighted by Gasteiger charge is 2.15. The van der Waals surface area contributed by atoms with E-state index in [1.54, 1.807) is 0 Å². The summed E-state index contributed by atoms with van der Waals surface area (Å²) in [7, 11) is 0. The molecule has 0 atom stereocenters. The van der Waals surface area contributed by atoms with Gasteiger partial charge in [0.05, 0.1) is 6.54 Å². The van der Waals surface area contributed by atoms with Crippen molar-refractivity contribution in [2.45, 2.75) is 58.9 Å². The molecule has 0 bridgehead atoms. The first-order chi connectivity index (χ1) is 14.2. The molecule has 2 fully saturated rings. The van der Waals surface area contributed by atoms with Crippen molar-refractivity contribution in [1.82, 2.24) is 20.5 Å². The normalized spacial score (nSPS) is 19.4. The SMILES string of the molecule is CCNC(=NCc1ccnc(N2CCCCC2)c1)NCCCN1CCC(C)CC1. The molecule has 3 heterocycles. The van der Waals surface area contributed by atoms with E-state index in [2.05, 4.69) is 51.4 Å². The van der Waals surface area contributed by atoms with E-state index in [4.69, 9.17) is 4.99 Å². The molecule has 0 aliphatic carbocycles. The van der Waals surface area contributed by atoms with Gasteiger partial charge in [-0.2, -0.15) is 0 Å². The zero-order chi connectivity index (χ0) is 20.3. The molecule has 162 valence electrons. The summed E-state index contributed by atoms with van der Waals surface area (Å²) >= 11 is 0. The van der Waals surface area contributed by atoms with E-state index >= 15 is 0 Å². The van der Waals surface area contributed by atoms with Gasteiger partial charge < -0.3 is 20.4 Å². The maximum atomic E-state index is 4.80. The summed E-state index contributed by atoms with van der Waals surface area (Å²) in [6, 6.07) is 4.29. The van der Waals surface area contributed by atoms with E-state index in [1.165, 1.54) is 57.3 Å². The third kappa shape index (κ3) is 7.50. The van der Waals surface area contributed by atoms with Crippen LogP contribution in [0.2, 0.25) is 0 Å². The largest absolute Gasteiger partial charge is 0.357 e. The molecule has 2 aliphatic rings. The lowest BCUT2D eigenvalue weighted by Gasteiger charge is -2.30. The highest BCUT2D eigenvalue weighted by molar-refractivity contribution is 5.79. The maximum absolute atomic E-state index is 4.80. The molecule has 6 nitrogen and oxygen atoms in total. The number of nitrogens with one attached hydrogen (secondary N) is 2. The second-order valence-corrected chi connectivity index (χ2v) is 8.57. The van der Waals surface area contributed by atoms with Crippen LogP contribution in [0.4, 0.5) is 5.82 Å². The summed E-state index contributed by atoms with van der Waals surface area (Å²) in [4.78, 5) is 14.4. The minimum absolute atomic E-state index is 0.683. The van der Waals surface area contributed by atoms with Crippen molar-refractivity contribution in [1.29, 1.82) is 0 Å². The first-order valence-electron chi connectivity index (χ1n) is 11.7. The number of piperidine rings is 2. The number of hydrogen-bond acceptors (Lipinski definition) is 4. The lowest BCUT2D eigenvalue weighted by atomic mass is 9.99. The molecule has 0 amide bonds. The average molecular weight is 401 g/mol. The molecule has 0 aromatic carbocycles. The Morgan fingerprint density at radius 1 is 1.14 bits per heavy atom. The lowest BCUT2D eigenvalue weighted by Crippen LogP contribution is -2.39. The summed E-state index contributed by atoms with van der Waals surface area (Å²) in [6.07, 6.45) is 9.67. The Hall–Kier alpha value is -1.82. The number of nitrogens with zero attached hydrogens (tertiary/aromatic N) is 4. The van der Waals surface area contributed by atoms with Gasteiger partial charge in [-0.25, -0.2) is 9.98 Å². The van der Waals surface area contributed by atoms with Crippen molar-refractivity contribution < 1.29 is 0 Å². The fourth-order valence-electron chi connectivity index (χ4n) is 4.16. The first kappa shape index (κ1) is 21.9. The monoisotopic (exact) mass is 400 g/mol. The van der Waals surface area contributed by atoms with Crippen molar-refractivity contribution in [3.8, 4) is 0 Å². The molecule has 1 aromatic rings. The molecule has 2 aliphatic heterocycles. The summed E-state index contributed by atoms with van der Waals surface area (Å²) in [5.74, 6) is 2.92. The highest BCUT2D eigenvalue weighted by atomic mass is 15.2. The van der Waals surface area contributed by atoms with Gasteiger partial charge in [-0.1, -0.05) is 6.92 Å². The van der Waals surface area contributed by atoms with Gasteiger partial charge in [-0.05, 0) is 88.7 Å². The summed E-state index contributed by atoms with van der Waals surface area (Å²) in [5.41, 5.74) is 1.22. The second-order valence-electron chi connectivity index (χ2n) is 8.57. The molecule has 29 heavy (non-hydrogen) atoms. The van der Waals surface area contributed by atoms with E-state index in [1.807, 2.05) is 6.20 Å².